The Bertz CT molecular complexity index is 772. The molecule has 0 radical (unpaired) electrons. The normalized spacial score (nSPS) is 10.4. The molecule has 0 atom stereocenters. The predicted molar refractivity (Wildman–Crippen MR) is 102 cm³/mol. The average molecular weight is 415 g/mol. The summed E-state index contributed by atoms with van der Waals surface area (Å²) in [4.78, 5) is 39.7. The Morgan fingerprint density at radius 1 is 1.19 bits per heavy atom. The van der Waals surface area contributed by atoms with E-state index in [4.69, 9.17) is 9.47 Å². The highest BCUT2D eigenvalue weighted by Crippen LogP contribution is 2.26. The van der Waals surface area contributed by atoms with Gasteiger partial charge in [0.1, 0.15) is 5.00 Å². The highest BCUT2D eigenvalue weighted by molar-refractivity contribution is 8.01. The van der Waals surface area contributed by atoms with Gasteiger partial charge in [-0.1, -0.05) is 11.8 Å². The van der Waals surface area contributed by atoms with Crippen molar-refractivity contribution in [3.8, 4) is 0 Å². The zero-order valence-corrected chi connectivity index (χ0v) is 16.7. The summed E-state index contributed by atoms with van der Waals surface area (Å²) >= 11 is 3.90. The van der Waals surface area contributed by atoms with E-state index >= 15 is 0 Å². The fourth-order valence-electron chi connectivity index (χ4n) is 1.86. The number of nitrogens with one attached hydrogen (secondary N) is 1. The van der Waals surface area contributed by atoms with Gasteiger partial charge in [-0.2, -0.15) is 0 Å². The molecule has 26 heavy (non-hydrogen) atoms. The van der Waals surface area contributed by atoms with E-state index < -0.39 is 5.97 Å². The number of ether oxygens (including phenoxy) is 2. The van der Waals surface area contributed by atoms with Gasteiger partial charge in [-0.25, -0.2) is 9.78 Å². The fourth-order valence-corrected chi connectivity index (χ4v) is 4.30. The molecule has 2 aromatic rings. The quantitative estimate of drug-likeness (QED) is 0.497. The summed E-state index contributed by atoms with van der Waals surface area (Å²) in [5, 5.41) is 6.68. The van der Waals surface area contributed by atoms with Crippen LogP contribution in [0.25, 0.3) is 0 Å². The number of anilines is 1. The summed E-state index contributed by atoms with van der Waals surface area (Å²) in [6.45, 7) is 4.08. The van der Waals surface area contributed by atoms with Crippen molar-refractivity contribution in [1.82, 2.24) is 4.98 Å². The van der Waals surface area contributed by atoms with E-state index in [2.05, 4.69) is 10.3 Å². The number of thiazole rings is 1. The Labute approximate surface area is 163 Å². The van der Waals surface area contributed by atoms with E-state index in [9.17, 15) is 14.4 Å². The van der Waals surface area contributed by atoms with Crippen LogP contribution in [-0.4, -0.2) is 41.8 Å². The van der Waals surface area contributed by atoms with Crippen molar-refractivity contribution < 1.29 is 23.9 Å². The van der Waals surface area contributed by atoms with Gasteiger partial charge in [0.05, 0.1) is 36.6 Å². The number of aromatic nitrogens is 1. The molecule has 0 bridgehead atoms. The number of thiophene rings is 1. The smallest absolute Gasteiger partial charge is 0.341 e. The molecular formula is C16H18N2O5S3. The van der Waals surface area contributed by atoms with Crippen molar-refractivity contribution in [1.29, 1.82) is 0 Å². The Hall–Kier alpha value is -1.91. The van der Waals surface area contributed by atoms with Gasteiger partial charge in [0.2, 0.25) is 5.91 Å². The molecule has 0 unspecified atom stereocenters. The van der Waals surface area contributed by atoms with Gasteiger partial charge in [-0.3, -0.25) is 9.59 Å². The molecule has 2 heterocycles. The zero-order chi connectivity index (χ0) is 18.9. The van der Waals surface area contributed by atoms with E-state index in [1.807, 2.05) is 0 Å². The molecule has 0 aromatic carbocycles. The maximum absolute atomic E-state index is 12.1. The van der Waals surface area contributed by atoms with Crippen LogP contribution in [0, 0.1) is 0 Å². The number of thioether (sulfide) groups is 1. The number of carbonyl (C=O) groups is 3. The fraction of sp³-hybridized carbons (Fsp3) is 0.375. The Morgan fingerprint density at radius 2 is 1.96 bits per heavy atom. The molecule has 0 fully saturated rings. The van der Waals surface area contributed by atoms with Crippen molar-refractivity contribution in [2.75, 3.05) is 24.3 Å². The predicted octanol–water partition coefficient (Wildman–Crippen LogP) is 3.22. The summed E-state index contributed by atoms with van der Waals surface area (Å²) < 4.78 is 10.5. The van der Waals surface area contributed by atoms with E-state index in [-0.39, 0.29) is 30.7 Å². The summed E-state index contributed by atoms with van der Waals surface area (Å²) in [6, 6.07) is 1.62. The van der Waals surface area contributed by atoms with Crippen LogP contribution >= 0.6 is 34.4 Å². The zero-order valence-electron chi connectivity index (χ0n) is 14.3. The van der Waals surface area contributed by atoms with Crippen LogP contribution in [0.1, 0.15) is 29.9 Å². The summed E-state index contributed by atoms with van der Waals surface area (Å²) in [7, 11) is 0. The number of carbonyl (C=O) groups excluding carboxylic acids is 3. The third-order valence-corrected chi connectivity index (χ3v) is 5.80. The molecule has 0 aliphatic carbocycles. The number of amides is 1. The molecule has 0 saturated heterocycles. The second-order valence-electron chi connectivity index (χ2n) is 4.81. The maximum Gasteiger partial charge on any atom is 0.341 e. The summed E-state index contributed by atoms with van der Waals surface area (Å²) in [6.07, 6.45) is 0.120. The van der Waals surface area contributed by atoms with E-state index in [0.29, 0.717) is 27.2 Å². The van der Waals surface area contributed by atoms with Gasteiger partial charge in [0, 0.05) is 5.38 Å². The van der Waals surface area contributed by atoms with Crippen LogP contribution in [0.2, 0.25) is 0 Å². The molecular weight excluding hydrogens is 396 g/mol. The Balaban J connectivity index is 1.84. The van der Waals surface area contributed by atoms with Crippen molar-refractivity contribution in [2.24, 2.45) is 0 Å². The van der Waals surface area contributed by atoms with Gasteiger partial charge in [-0.05, 0) is 25.3 Å². The van der Waals surface area contributed by atoms with Crippen LogP contribution in [0.3, 0.4) is 0 Å². The maximum atomic E-state index is 12.1. The van der Waals surface area contributed by atoms with Crippen molar-refractivity contribution >= 4 is 57.3 Å². The SMILES string of the molecule is CCOC(=O)Cc1csc(SCC(=O)Nc2sccc2C(=O)OCC)n1. The summed E-state index contributed by atoms with van der Waals surface area (Å²) in [5.74, 6) is -0.881. The molecule has 1 N–H and O–H groups in total. The first-order valence-corrected chi connectivity index (χ1v) is 10.5. The number of hydrogen-bond acceptors (Lipinski definition) is 9. The second-order valence-corrected chi connectivity index (χ2v) is 7.80. The minimum absolute atomic E-state index is 0.120. The van der Waals surface area contributed by atoms with Crippen LogP contribution in [0.5, 0.6) is 0 Å². The number of nitrogens with zero attached hydrogens (tertiary/aromatic N) is 1. The lowest BCUT2D eigenvalue weighted by Crippen LogP contribution is -2.15. The number of rotatable bonds is 9. The standard InChI is InChI=1S/C16H18N2O5S3/c1-3-22-13(20)7-10-8-25-16(17-10)26-9-12(19)18-14-11(5-6-24-14)15(21)23-4-2/h5-6,8H,3-4,7,9H2,1-2H3,(H,18,19). The van der Waals surface area contributed by atoms with Gasteiger partial charge in [-0.15, -0.1) is 22.7 Å². The van der Waals surface area contributed by atoms with Crippen molar-refractivity contribution in [3.63, 3.8) is 0 Å². The minimum atomic E-state index is -0.458. The van der Waals surface area contributed by atoms with Crippen LogP contribution in [0.15, 0.2) is 21.2 Å². The van der Waals surface area contributed by atoms with Crippen LogP contribution in [0.4, 0.5) is 5.00 Å². The van der Waals surface area contributed by atoms with Crippen LogP contribution in [-0.2, 0) is 25.5 Å². The van der Waals surface area contributed by atoms with Gasteiger partial charge >= 0.3 is 11.9 Å². The minimum Gasteiger partial charge on any atom is -0.466 e. The first kappa shape index (κ1) is 20.4. The molecule has 2 rings (SSSR count). The monoisotopic (exact) mass is 414 g/mol. The lowest BCUT2D eigenvalue weighted by molar-refractivity contribution is -0.142. The molecule has 0 aliphatic rings. The second kappa shape index (κ2) is 10.3. The lowest BCUT2D eigenvalue weighted by atomic mass is 10.3. The van der Waals surface area contributed by atoms with Crippen molar-refractivity contribution in [3.05, 3.63) is 28.1 Å². The van der Waals surface area contributed by atoms with Gasteiger partial charge in [0.15, 0.2) is 4.34 Å². The third kappa shape index (κ3) is 6.11. The lowest BCUT2D eigenvalue weighted by Gasteiger charge is -2.05. The molecule has 0 aliphatic heterocycles. The molecule has 7 nitrogen and oxygen atoms in total. The highest BCUT2D eigenvalue weighted by Gasteiger charge is 2.16. The summed E-state index contributed by atoms with van der Waals surface area (Å²) in [5.41, 5.74) is 0.973. The molecule has 10 heteroatoms. The number of hydrogen-bond donors (Lipinski definition) is 1. The molecule has 0 saturated carbocycles. The van der Waals surface area contributed by atoms with E-state index in [1.54, 1.807) is 30.7 Å². The number of esters is 2. The van der Waals surface area contributed by atoms with Crippen LogP contribution < -0.4 is 5.32 Å². The highest BCUT2D eigenvalue weighted by atomic mass is 32.2. The van der Waals surface area contributed by atoms with E-state index in [0.717, 1.165) is 0 Å². The van der Waals surface area contributed by atoms with Gasteiger partial charge < -0.3 is 14.8 Å². The molecule has 2 aromatic heterocycles. The molecule has 1 amide bonds. The Morgan fingerprint density at radius 3 is 2.69 bits per heavy atom. The Kier molecular flexibility index (Phi) is 8.07. The molecule has 0 spiro atoms. The molecule has 140 valence electrons. The topological polar surface area (TPSA) is 94.6 Å². The van der Waals surface area contributed by atoms with Gasteiger partial charge in [0.25, 0.3) is 0 Å². The first-order chi connectivity index (χ1) is 12.5. The largest absolute Gasteiger partial charge is 0.466 e. The average Bonchev–Trinajstić information content (AvgIpc) is 3.23. The van der Waals surface area contributed by atoms with E-state index in [1.165, 1.54) is 34.4 Å². The third-order valence-electron chi connectivity index (χ3n) is 2.90. The van der Waals surface area contributed by atoms with Crippen molar-refractivity contribution in [2.45, 2.75) is 24.6 Å². The first-order valence-electron chi connectivity index (χ1n) is 7.80.